The first-order valence-electron chi connectivity index (χ1n) is 4.95. The molecule has 1 aromatic rings. The number of hydrogen-bond acceptors (Lipinski definition) is 7. The van der Waals surface area contributed by atoms with Crippen molar-refractivity contribution in [1.82, 2.24) is 9.97 Å². The van der Waals surface area contributed by atoms with Crippen LogP contribution in [0.15, 0.2) is 27.6 Å². The second kappa shape index (κ2) is 6.19. The maximum absolute atomic E-state index is 11.4. The first kappa shape index (κ1) is 14.2. The summed E-state index contributed by atoms with van der Waals surface area (Å²) in [6.07, 6.45) is 1.87. The summed E-state index contributed by atoms with van der Waals surface area (Å²) in [6.45, 7) is 0. The van der Waals surface area contributed by atoms with E-state index >= 15 is 0 Å². The molecular formula is C10H11N3O6. The molecule has 102 valence electrons. The van der Waals surface area contributed by atoms with Gasteiger partial charge in [0.05, 0.1) is 20.3 Å². The van der Waals surface area contributed by atoms with Crippen LogP contribution >= 0.6 is 0 Å². The molecule has 0 aliphatic heterocycles. The molecule has 1 heterocycles. The Bertz CT molecular complexity index is 627. The molecule has 0 aliphatic carbocycles. The van der Waals surface area contributed by atoms with Crippen molar-refractivity contribution >= 4 is 17.6 Å². The molecule has 0 bridgehead atoms. The fourth-order valence-electron chi connectivity index (χ4n) is 1.08. The Morgan fingerprint density at radius 1 is 1.26 bits per heavy atom. The Hall–Kier alpha value is -2.84. The first-order valence-corrected chi connectivity index (χ1v) is 4.95. The zero-order valence-corrected chi connectivity index (χ0v) is 10.1. The number of esters is 2. The van der Waals surface area contributed by atoms with Crippen molar-refractivity contribution in [3.05, 3.63) is 38.8 Å². The summed E-state index contributed by atoms with van der Waals surface area (Å²) >= 11 is 0. The summed E-state index contributed by atoms with van der Waals surface area (Å²) in [7, 11) is 2.23. The number of aromatic amines is 2. The molecule has 9 nitrogen and oxygen atoms in total. The zero-order valence-electron chi connectivity index (χ0n) is 10.1. The third-order valence-corrected chi connectivity index (χ3v) is 1.96. The van der Waals surface area contributed by atoms with E-state index in [0.29, 0.717) is 0 Å². The van der Waals surface area contributed by atoms with E-state index in [1.807, 2.05) is 4.98 Å². The lowest BCUT2D eigenvalue weighted by Gasteiger charge is -2.07. The number of rotatable bonds is 4. The van der Waals surface area contributed by atoms with E-state index in [-0.39, 0.29) is 11.4 Å². The summed E-state index contributed by atoms with van der Waals surface area (Å²) in [4.78, 5) is 48.9. The quantitative estimate of drug-likeness (QED) is 0.457. The number of carbonyl (C=O) groups is 2. The van der Waals surface area contributed by atoms with Crippen molar-refractivity contribution < 1.29 is 19.1 Å². The van der Waals surface area contributed by atoms with Gasteiger partial charge in [0.1, 0.15) is 11.4 Å². The molecule has 1 rings (SSSR count). The molecular weight excluding hydrogens is 258 g/mol. The molecule has 0 saturated heterocycles. The van der Waals surface area contributed by atoms with E-state index in [2.05, 4.69) is 19.8 Å². The monoisotopic (exact) mass is 269 g/mol. The van der Waals surface area contributed by atoms with Crippen LogP contribution in [-0.4, -0.2) is 36.1 Å². The van der Waals surface area contributed by atoms with Crippen LogP contribution in [0.4, 0.5) is 5.69 Å². The molecule has 0 aliphatic rings. The second-order valence-electron chi connectivity index (χ2n) is 3.18. The topological polar surface area (TPSA) is 130 Å². The summed E-state index contributed by atoms with van der Waals surface area (Å²) in [5.41, 5.74) is -1.91. The summed E-state index contributed by atoms with van der Waals surface area (Å²) in [5.74, 6) is -1.69. The zero-order chi connectivity index (χ0) is 14.4. The Balaban J connectivity index is 3.11. The lowest BCUT2D eigenvalue weighted by Crippen LogP contribution is -2.26. The maximum Gasteiger partial charge on any atom is 0.354 e. The smallest absolute Gasteiger partial charge is 0.354 e. The molecule has 19 heavy (non-hydrogen) atoms. The van der Waals surface area contributed by atoms with Crippen molar-refractivity contribution in [3.8, 4) is 0 Å². The lowest BCUT2D eigenvalue weighted by atomic mass is 10.3. The highest BCUT2D eigenvalue weighted by atomic mass is 16.5. The lowest BCUT2D eigenvalue weighted by molar-refractivity contribution is -0.138. The Morgan fingerprint density at radius 2 is 1.95 bits per heavy atom. The molecule has 0 aromatic carbocycles. The third kappa shape index (κ3) is 3.84. The van der Waals surface area contributed by atoms with Gasteiger partial charge in [0.15, 0.2) is 0 Å². The number of anilines is 1. The molecule has 3 N–H and O–H groups in total. The summed E-state index contributed by atoms with van der Waals surface area (Å²) < 4.78 is 8.79. The number of nitrogens with one attached hydrogen (secondary N) is 3. The second-order valence-corrected chi connectivity index (χ2v) is 3.18. The van der Waals surface area contributed by atoms with Crippen molar-refractivity contribution in [2.45, 2.75) is 0 Å². The van der Waals surface area contributed by atoms with Gasteiger partial charge in [0, 0.05) is 6.20 Å². The van der Waals surface area contributed by atoms with E-state index in [0.717, 1.165) is 26.5 Å². The van der Waals surface area contributed by atoms with Crippen LogP contribution in [0.5, 0.6) is 0 Å². The maximum atomic E-state index is 11.4. The van der Waals surface area contributed by atoms with Crippen LogP contribution in [-0.2, 0) is 19.1 Å². The van der Waals surface area contributed by atoms with Gasteiger partial charge in [0.2, 0.25) is 0 Å². The SMILES string of the molecule is COC(=O)C=C(Nc1c[nH]c(=O)[nH]c1=O)C(=O)OC. The van der Waals surface area contributed by atoms with Gasteiger partial charge in [-0.05, 0) is 0 Å². The summed E-state index contributed by atoms with van der Waals surface area (Å²) in [5, 5.41) is 2.36. The minimum Gasteiger partial charge on any atom is -0.466 e. The fraction of sp³-hybridized carbons (Fsp3) is 0.200. The third-order valence-electron chi connectivity index (χ3n) is 1.96. The number of carbonyl (C=O) groups excluding carboxylic acids is 2. The average Bonchev–Trinajstić information content (AvgIpc) is 2.39. The van der Waals surface area contributed by atoms with Gasteiger partial charge in [-0.25, -0.2) is 14.4 Å². The summed E-state index contributed by atoms with van der Waals surface area (Å²) in [6, 6.07) is 0. The highest BCUT2D eigenvalue weighted by Crippen LogP contribution is 2.03. The molecule has 0 fully saturated rings. The van der Waals surface area contributed by atoms with Gasteiger partial charge in [0.25, 0.3) is 5.56 Å². The highest BCUT2D eigenvalue weighted by Gasteiger charge is 2.14. The van der Waals surface area contributed by atoms with Crippen LogP contribution < -0.4 is 16.6 Å². The number of aromatic nitrogens is 2. The van der Waals surface area contributed by atoms with Gasteiger partial charge in [-0.3, -0.25) is 9.78 Å². The molecule has 0 spiro atoms. The van der Waals surface area contributed by atoms with Gasteiger partial charge in [-0.1, -0.05) is 0 Å². The van der Waals surface area contributed by atoms with E-state index < -0.39 is 23.2 Å². The van der Waals surface area contributed by atoms with E-state index in [1.165, 1.54) is 0 Å². The Labute approximate surface area is 106 Å². The minimum atomic E-state index is -0.879. The van der Waals surface area contributed by atoms with Crippen LogP contribution in [0.3, 0.4) is 0 Å². The van der Waals surface area contributed by atoms with Gasteiger partial charge in [-0.15, -0.1) is 0 Å². The average molecular weight is 269 g/mol. The molecule has 0 radical (unpaired) electrons. The predicted molar refractivity (Wildman–Crippen MR) is 63.4 cm³/mol. The first-order chi connectivity index (χ1) is 8.97. The molecule has 1 aromatic heterocycles. The van der Waals surface area contributed by atoms with Crippen LogP contribution in [0.1, 0.15) is 0 Å². The van der Waals surface area contributed by atoms with Gasteiger partial charge >= 0.3 is 17.6 Å². The fourth-order valence-corrected chi connectivity index (χ4v) is 1.08. The van der Waals surface area contributed by atoms with E-state index in [4.69, 9.17) is 0 Å². The molecule has 0 atom stereocenters. The van der Waals surface area contributed by atoms with Gasteiger partial charge in [-0.2, -0.15) is 0 Å². The Morgan fingerprint density at radius 3 is 2.47 bits per heavy atom. The minimum absolute atomic E-state index is 0.139. The van der Waals surface area contributed by atoms with Crippen LogP contribution in [0.2, 0.25) is 0 Å². The van der Waals surface area contributed by atoms with Crippen molar-refractivity contribution in [2.24, 2.45) is 0 Å². The van der Waals surface area contributed by atoms with E-state index in [9.17, 15) is 19.2 Å². The van der Waals surface area contributed by atoms with Crippen LogP contribution in [0, 0.1) is 0 Å². The van der Waals surface area contributed by atoms with Gasteiger partial charge < -0.3 is 19.8 Å². The van der Waals surface area contributed by atoms with Crippen molar-refractivity contribution in [3.63, 3.8) is 0 Å². The number of methoxy groups -OCH3 is 2. The molecule has 0 amide bonds. The van der Waals surface area contributed by atoms with Crippen molar-refractivity contribution in [1.29, 1.82) is 0 Å². The largest absolute Gasteiger partial charge is 0.466 e. The van der Waals surface area contributed by atoms with Crippen molar-refractivity contribution in [2.75, 3.05) is 19.5 Å². The number of ether oxygens (including phenoxy) is 2. The molecule has 0 saturated carbocycles. The standard InChI is InChI=1S/C10H11N3O6/c1-18-7(14)3-5(9(16)19-2)12-6-4-11-10(17)13-8(6)15/h3-4,12H,1-2H3,(H2,11,13,15,17). The molecule has 9 heteroatoms. The van der Waals surface area contributed by atoms with Crippen LogP contribution in [0.25, 0.3) is 0 Å². The highest BCUT2D eigenvalue weighted by molar-refractivity contribution is 5.98. The number of hydrogen-bond donors (Lipinski definition) is 3. The Kier molecular flexibility index (Phi) is 4.63. The normalized spacial score (nSPS) is 10.7. The molecule has 0 unspecified atom stereocenters. The van der Waals surface area contributed by atoms with E-state index in [1.54, 1.807) is 0 Å². The predicted octanol–water partition coefficient (Wildman–Crippen LogP) is -1.29. The number of H-pyrrole nitrogens is 2.